The van der Waals surface area contributed by atoms with E-state index in [0.29, 0.717) is 0 Å². The lowest BCUT2D eigenvalue weighted by Crippen LogP contribution is -2.30. The van der Waals surface area contributed by atoms with Crippen LogP contribution in [0.5, 0.6) is 0 Å². The lowest BCUT2D eigenvalue weighted by Gasteiger charge is -2.15. The van der Waals surface area contributed by atoms with Crippen molar-refractivity contribution in [3.8, 4) is 0 Å². The van der Waals surface area contributed by atoms with Crippen LogP contribution in [0, 0.1) is 0 Å². The van der Waals surface area contributed by atoms with Crippen molar-refractivity contribution in [3.63, 3.8) is 0 Å². The molecule has 0 unspecified atom stereocenters. The first-order valence-electron chi connectivity index (χ1n) is 8.13. The smallest absolute Gasteiger partial charge is 0.282 e. The minimum atomic E-state index is -4.63. The fourth-order valence-corrected chi connectivity index (χ4v) is 4.36. The van der Waals surface area contributed by atoms with E-state index in [1.54, 1.807) is 0 Å². The van der Waals surface area contributed by atoms with Gasteiger partial charge in [0, 0.05) is 0 Å². The van der Waals surface area contributed by atoms with E-state index in [1.807, 2.05) is 0 Å². The zero-order valence-electron chi connectivity index (χ0n) is 15.3. The van der Waals surface area contributed by atoms with Crippen molar-refractivity contribution < 1.29 is 30.7 Å². The number of hydrazone groups is 1. The van der Waals surface area contributed by atoms with Gasteiger partial charge in [-0.3, -0.25) is 13.9 Å². The summed E-state index contributed by atoms with van der Waals surface area (Å²) in [5, 5.41) is 12.1. The Labute approximate surface area is 186 Å². The molecular formula is C16H12Cl2N4O7S2. The van der Waals surface area contributed by atoms with Crippen molar-refractivity contribution in [2.45, 2.75) is 22.8 Å². The Bertz CT molecular complexity index is 1340. The van der Waals surface area contributed by atoms with Crippen molar-refractivity contribution in [1.82, 2.24) is 0 Å². The van der Waals surface area contributed by atoms with Crippen LogP contribution >= 0.6 is 23.2 Å². The first-order valence-corrected chi connectivity index (χ1v) is 11.8. The van der Waals surface area contributed by atoms with Gasteiger partial charge in [0.1, 0.15) is 4.90 Å². The summed E-state index contributed by atoms with van der Waals surface area (Å²) in [6.45, 7) is 1.51. The Hall–Kier alpha value is -2.42. The van der Waals surface area contributed by atoms with Crippen LogP contribution in [0.3, 0.4) is 0 Å². The summed E-state index contributed by atoms with van der Waals surface area (Å²) in [4.78, 5) is 11.8. The van der Waals surface area contributed by atoms with Gasteiger partial charge in [0.25, 0.3) is 26.1 Å². The van der Waals surface area contributed by atoms with Gasteiger partial charge in [0.15, 0.2) is 6.04 Å². The number of nitrogens with zero attached hydrogens (tertiary/aromatic N) is 4. The topological polar surface area (TPSA) is 166 Å². The van der Waals surface area contributed by atoms with E-state index in [-0.39, 0.29) is 32.0 Å². The third-order valence-electron chi connectivity index (χ3n) is 4.03. The zero-order valence-corrected chi connectivity index (χ0v) is 18.5. The summed E-state index contributed by atoms with van der Waals surface area (Å²) < 4.78 is 62.9. The molecule has 3 rings (SSSR count). The van der Waals surface area contributed by atoms with Crippen LogP contribution in [0.1, 0.15) is 6.92 Å². The number of carbonyl (C=O) groups is 1. The fourth-order valence-electron chi connectivity index (χ4n) is 2.55. The lowest BCUT2D eigenvalue weighted by molar-refractivity contribution is -0.117. The molecule has 0 bridgehead atoms. The van der Waals surface area contributed by atoms with Crippen LogP contribution in [-0.2, 0) is 25.0 Å². The van der Waals surface area contributed by atoms with Crippen molar-refractivity contribution in [2.75, 3.05) is 5.01 Å². The van der Waals surface area contributed by atoms with E-state index < -0.39 is 37.1 Å². The summed E-state index contributed by atoms with van der Waals surface area (Å²) in [6, 6.07) is 5.62. The molecule has 2 N–H and O–H groups in total. The van der Waals surface area contributed by atoms with E-state index in [0.717, 1.165) is 29.3 Å². The van der Waals surface area contributed by atoms with Gasteiger partial charge in [-0.15, -0.1) is 0 Å². The highest BCUT2D eigenvalue weighted by atomic mass is 35.5. The molecule has 0 aromatic heterocycles. The monoisotopic (exact) mass is 506 g/mol. The van der Waals surface area contributed by atoms with Gasteiger partial charge in [-0.05, 0) is 43.3 Å². The predicted molar refractivity (Wildman–Crippen MR) is 111 cm³/mol. The quantitative estimate of drug-likeness (QED) is 0.462. The van der Waals surface area contributed by atoms with Crippen molar-refractivity contribution in [3.05, 3.63) is 46.4 Å². The largest absolute Gasteiger partial charge is 0.296 e. The molecule has 164 valence electrons. The second-order valence-corrected chi connectivity index (χ2v) is 9.81. The van der Waals surface area contributed by atoms with Gasteiger partial charge < -0.3 is 0 Å². The third-order valence-corrected chi connectivity index (χ3v) is 6.52. The minimum Gasteiger partial charge on any atom is -0.282 e. The Morgan fingerprint density at radius 2 is 1.61 bits per heavy atom. The molecule has 31 heavy (non-hydrogen) atoms. The molecule has 1 amide bonds. The molecule has 2 aromatic rings. The molecule has 0 aliphatic carbocycles. The lowest BCUT2D eigenvalue weighted by atomic mass is 10.2. The second kappa shape index (κ2) is 8.26. The van der Waals surface area contributed by atoms with E-state index in [9.17, 15) is 26.2 Å². The van der Waals surface area contributed by atoms with Crippen LogP contribution in [0.2, 0.25) is 10.0 Å². The summed E-state index contributed by atoms with van der Waals surface area (Å²) in [6.07, 6.45) is 0. The summed E-state index contributed by atoms with van der Waals surface area (Å²) in [5.74, 6) is -0.659. The van der Waals surface area contributed by atoms with Gasteiger partial charge in [0.2, 0.25) is 0 Å². The van der Waals surface area contributed by atoms with Crippen molar-refractivity contribution >= 4 is 66.4 Å². The molecule has 0 radical (unpaired) electrons. The molecule has 15 heteroatoms. The average molecular weight is 507 g/mol. The first kappa shape index (κ1) is 23.2. The van der Waals surface area contributed by atoms with Crippen LogP contribution in [0.25, 0.3) is 0 Å². The number of carbonyl (C=O) groups excluding carboxylic acids is 1. The fraction of sp³-hybridized carbons (Fsp3) is 0.125. The van der Waals surface area contributed by atoms with Crippen molar-refractivity contribution in [1.29, 1.82) is 0 Å². The molecule has 0 spiro atoms. The molecule has 1 aliphatic heterocycles. The SMILES string of the molecule is CC1=NN(c2cc(Cl)c(S(=O)(=O)O)cc2Cl)C(=O)[C@@H]1N=Nc1ccc(S(=O)(=O)O)cc1. The normalized spacial score (nSPS) is 17.5. The molecule has 1 aliphatic rings. The molecular weight excluding hydrogens is 495 g/mol. The van der Waals surface area contributed by atoms with Gasteiger partial charge >= 0.3 is 0 Å². The standard InChI is InChI=1S/C16H12Cl2N4O7S2/c1-8-15(20-19-9-2-4-10(5-3-9)30(24,25)26)16(23)22(21-8)13-6-12(18)14(7-11(13)17)31(27,28)29/h2-7,15H,1H3,(H,24,25,26)(H,27,28,29)/t15-/m1/s1. The van der Waals surface area contributed by atoms with Gasteiger partial charge in [-0.2, -0.15) is 37.2 Å². The number of hydrogen-bond donors (Lipinski definition) is 2. The predicted octanol–water partition coefficient (Wildman–Crippen LogP) is 3.36. The Kier molecular flexibility index (Phi) is 6.19. The molecule has 1 atom stereocenters. The molecule has 0 fully saturated rings. The van der Waals surface area contributed by atoms with Crippen LogP contribution < -0.4 is 5.01 Å². The highest BCUT2D eigenvalue weighted by molar-refractivity contribution is 7.86. The summed E-state index contributed by atoms with van der Waals surface area (Å²) in [5.41, 5.74) is 0.429. The van der Waals surface area contributed by atoms with Gasteiger partial charge in [-0.1, -0.05) is 23.2 Å². The number of halogens is 2. The average Bonchev–Trinajstić information content (AvgIpc) is 2.94. The maximum atomic E-state index is 12.7. The summed E-state index contributed by atoms with van der Waals surface area (Å²) in [7, 11) is -8.98. The number of benzene rings is 2. The Balaban J connectivity index is 1.87. The maximum Gasteiger partial charge on any atom is 0.296 e. The van der Waals surface area contributed by atoms with Crippen LogP contribution in [0.15, 0.2) is 61.5 Å². The number of amides is 1. The Morgan fingerprint density at radius 3 is 2.16 bits per heavy atom. The van der Waals surface area contributed by atoms with Crippen molar-refractivity contribution in [2.24, 2.45) is 15.3 Å². The van der Waals surface area contributed by atoms with Crippen LogP contribution in [0.4, 0.5) is 11.4 Å². The molecule has 2 aromatic carbocycles. The van der Waals surface area contributed by atoms with Gasteiger partial charge in [0.05, 0.1) is 32.0 Å². The second-order valence-electron chi connectivity index (χ2n) is 6.19. The maximum absolute atomic E-state index is 12.7. The molecule has 11 nitrogen and oxygen atoms in total. The van der Waals surface area contributed by atoms with E-state index in [1.165, 1.54) is 19.1 Å². The van der Waals surface area contributed by atoms with E-state index in [2.05, 4.69) is 15.3 Å². The Morgan fingerprint density at radius 1 is 1.00 bits per heavy atom. The van der Waals surface area contributed by atoms with E-state index >= 15 is 0 Å². The molecule has 1 heterocycles. The van der Waals surface area contributed by atoms with Crippen LogP contribution in [-0.4, -0.2) is 43.6 Å². The number of azo groups is 1. The zero-order chi connectivity index (χ0) is 23.1. The number of hydrogen-bond acceptors (Lipinski definition) is 8. The number of anilines is 1. The first-order chi connectivity index (χ1) is 14.3. The number of rotatable bonds is 5. The minimum absolute atomic E-state index is 0.0291. The molecule has 0 saturated heterocycles. The highest BCUT2D eigenvalue weighted by Gasteiger charge is 2.36. The highest BCUT2D eigenvalue weighted by Crippen LogP contribution is 2.36. The molecule has 0 saturated carbocycles. The third kappa shape index (κ3) is 4.92. The van der Waals surface area contributed by atoms with Gasteiger partial charge in [-0.25, -0.2) is 0 Å². The summed E-state index contributed by atoms with van der Waals surface area (Å²) >= 11 is 11.9. The van der Waals surface area contributed by atoms with E-state index in [4.69, 9.17) is 27.8 Å².